The van der Waals surface area contributed by atoms with E-state index in [9.17, 15) is 39.4 Å². The molecular formula is C34H22Cl2N6O8. The molecule has 16 heteroatoms. The van der Waals surface area contributed by atoms with Gasteiger partial charge in [-0.05, 0) is 47.5 Å². The summed E-state index contributed by atoms with van der Waals surface area (Å²) in [4.78, 5) is 82.0. The average Bonchev–Trinajstić information content (AvgIpc) is 3.76. The molecule has 4 heterocycles. The molecule has 0 aliphatic carbocycles. The van der Waals surface area contributed by atoms with Crippen LogP contribution in [0.5, 0.6) is 0 Å². The number of hydrazine groups is 1. The van der Waals surface area contributed by atoms with E-state index in [1.165, 1.54) is 60.7 Å². The van der Waals surface area contributed by atoms with E-state index in [0.717, 1.165) is 9.80 Å². The summed E-state index contributed by atoms with van der Waals surface area (Å²) < 4.78 is 0. The van der Waals surface area contributed by atoms with Gasteiger partial charge in [-0.15, -0.1) is 0 Å². The summed E-state index contributed by atoms with van der Waals surface area (Å²) in [5.41, 5.74) is 0.815. The Morgan fingerprint density at radius 1 is 0.500 bits per heavy atom. The largest absolute Gasteiger partial charge is 0.274 e. The van der Waals surface area contributed by atoms with Crippen molar-refractivity contribution in [3.63, 3.8) is 0 Å². The summed E-state index contributed by atoms with van der Waals surface area (Å²) in [5.74, 6) is -4.71. The third kappa shape index (κ3) is 4.56. The summed E-state index contributed by atoms with van der Waals surface area (Å²) in [6.45, 7) is 0. The molecule has 6 unspecified atom stereocenters. The number of benzene rings is 4. The number of halogens is 2. The highest BCUT2D eigenvalue weighted by atomic mass is 35.5. The number of nitro benzene ring substituents is 2. The topological polar surface area (TPSA) is 168 Å². The Morgan fingerprint density at radius 3 is 1.18 bits per heavy atom. The fourth-order valence-electron chi connectivity index (χ4n) is 7.82. The lowest BCUT2D eigenvalue weighted by atomic mass is 9.84. The highest BCUT2D eigenvalue weighted by Gasteiger charge is 2.73. The van der Waals surface area contributed by atoms with Gasteiger partial charge in [-0.2, -0.15) is 0 Å². The molecule has 4 aliphatic rings. The van der Waals surface area contributed by atoms with Gasteiger partial charge in [0.2, 0.25) is 11.8 Å². The second kappa shape index (κ2) is 11.5. The number of hydrogen-bond acceptors (Lipinski definition) is 10. The van der Waals surface area contributed by atoms with Gasteiger partial charge in [-0.25, -0.2) is 19.8 Å². The monoisotopic (exact) mass is 712 g/mol. The lowest BCUT2D eigenvalue weighted by Gasteiger charge is -2.35. The van der Waals surface area contributed by atoms with Gasteiger partial charge in [-0.1, -0.05) is 59.6 Å². The van der Waals surface area contributed by atoms with Crippen LogP contribution >= 0.6 is 23.2 Å². The third-order valence-electron chi connectivity index (χ3n) is 9.75. The minimum Gasteiger partial charge on any atom is -0.274 e. The molecule has 4 aromatic carbocycles. The van der Waals surface area contributed by atoms with Gasteiger partial charge in [0.05, 0.1) is 45.1 Å². The Bertz CT molecular complexity index is 2010. The zero-order valence-corrected chi connectivity index (χ0v) is 26.9. The van der Waals surface area contributed by atoms with Crippen molar-refractivity contribution in [1.29, 1.82) is 0 Å². The summed E-state index contributed by atoms with van der Waals surface area (Å²) in [5, 5.41) is 26.8. The first-order chi connectivity index (χ1) is 24.0. The molecule has 0 spiro atoms. The van der Waals surface area contributed by atoms with E-state index >= 15 is 0 Å². The van der Waals surface area contributed by atoms with Crippen LogP contribution in [0.2, 0.25) is 10.0 Å². The molecule has 4 amide bonds. The molecule has 50 heavy (non-hydrogen) atoms. The minimum atomic E-state index is -1.23. The molecule has 0 N–H and O–H groups in total. The molecule has 4 aromatic rings. The predicted octanol–water partition coefficient (Wildman–Crippen LogP) is 5.25. The van der Waals surface area contributed by atoms with Gasteiger partial charge in [0.1, 0.15) is 12.1 Å². The van der Waals surface area contributed by atoms with E-state index in [2.05, 4.69) is 0 Å². The van der Waals surface area contributed by atoms with Gasteiger partial charge >= 0.3 is 0 Å². The Balaban J connectivity index is 1.34. The second-order valence-corrected chi connectivity index (χ2v) is 13.1. The van der Waals surface area contributed by atoms with Crippen LogP contribution in [0.3, 0.4) is 0 Å². The molecule has 250 valence electrons. The number of nitro groups is 2. The number of carbonyl (C=O) groups is 4. The molecule has 0 aromatic heterocycles. The quantitative estimate of drug-likeness (QED) is 0.146. The number of hydrogen-bond donors (Lipinski definition) is 0. The third-order valence-corrected chi connectivity index (χ3v) is 10.2. The normalized spacial score (nSPS) is 26.0. The highest BCUT2D eigenvalue weighted by molar-refractivity contribution is 6.32. The molecule has 4 saturated heterocycles. The van der Waals surface area contributed by atoms with Gasteiger partial charge in [0, 0.05) is 34.3 Å². The maximum absolute atomic E-state index is 14.5. The first kappa shape index (κ1) is 31.7. The van der Waals surface area contributed by atoms with Crippen LogP contribution in [-0.2, 0) is 19.2 Å². The highest BCUT2D eigenvalue weighted by Crippen LogP contribution is 2.60. The summed E-state index contributed by atoms with van der Waals surface area (Å²) >= 11 is 12.5. The lowest BCUT2D eigenvalue weighted by molar-refractivity contribution is -0.385. The van der Waals surface area contributed by atoms with E-state index in [1.807, 2.05) is 0 Å². The van der Waals surface area contributed by atoms with Crippen molar-refractivity contribution in [2.24, 2.45) is 11.8 Å². The number of imide groups is 2. The number of nitrogens with zero attached hydrogens (tertiary/aromatic N) is 6. The molecule has 0 bridgehead atoms. The van der Waals surface area contributed by atoms with Gasteiger partial charge in [0.15, 0.2) is 0 Å². The second-order valence-electron chi connectivity index (χ2n) is 12.3. The maximum atomic E-state index is 14.5. The molecule has 4 aliphatic heterocycles. The number of anilines is 2. The molecular weight excluding hydrogens is 691 g/mol. The average molecular weight is 713 g/mol. The smallest absolute Gasteiger partial charge is 0.269 e. The molecule has 0 saturated carbocycles. The summed E-state index contributed by atoms with van der Waals surface area (Å²) in [6, 6.07) is 18.8. The Morgan fingerprint density at radius 2 is 0.860 bits per heavy atom. The Hall–Kier alpha value is -5.54. The van der Waals surface area contributed by atoms with Crippen molar-refractivity contribution in [1.82, 2.24) is 10.0 Å². The van der Waals surface area contributed by atoms with Crippen LogP contribution < -0.4 is 9.80 Å². The Kier molecular flexibility index (Phi) is 7.31. The van der Waals surface area contributed by atoms with E-state index in [-0.39, 0.29) is 32.8 Å². The van der Waals surface area contributed by atoms with E-state index < -0.39 is 69.5 Å². The fourth-order valence-corrected chi connectivity index (χ4v) is 8.19. The van der Waals surface area contributed by atoms with Crippen LogP contribution in [0.15, 0.2) is 97.1 Å². The molecule has 4 fully saturated rings. The van der Waals surface area contributed by atoms with Crippen molar-refractivity contribution in [3.05, 3.63) is 138 Å². The fraction of sp³-hybridized carbons (Fsp3) is 0.176. The number of non-ortho nitro benzene ring substituents is 2. The van der Waals surface area contributed by atoms with Gasteiger partial charge in [-0.3, -0.25) is 39.4 Å². The summed E-state index contributed by atoms with van der Waals surface area (Å²) in [7, 11) is 0. The zero-order valence-electron chi connectivity index (χ0n) is 25.4. The van der Waals surface area contributed by atoms with E-state index in [4.69, 9.17) is 23.2 Å². The number of amides is 4. The van der Waals surface area contributed by atoms with Crippen LogP contribution in [0, 0.1) is 32.1 Å². The van der Waals surface area contributed by atoms with Crippen molar-refractivity contribution < 1.29 is 29.0 Å². The lowest BCUT2D eigenvalue weighted by Crippen LogP contribution is -2.50. The van der Waals surface area contributed by atoms with Crippen LogP contribution in [-0.4, -0.2) is 55.6 Å². The molecule has 6 atom stereocenters. The standard InChI is InChI=1S/C34H22Cl2N6O8/c35-19-3-1-5-23(15-19)37-31(43)25-27(17-7-11-21(12-8-17)41(47)48)40-30-26(32(44)38(34(30)46)24-6-2-4-20(36)16-24)28(39(40)29(25)33(37)45)18-9-13-22(14-10-18)42(49)50/h1-16,25-30H. The van der Waals surface area contributed by atoms with Crippen LogP contribution in [0.25, 0.3) is 0 Å². The zero-order chi connectivity index (χ0) is 35.2. The number of rotatable bonds is 6. The summed E-state index contributed by atoms with van der Waals surface area (Å²) in [6.07, 6.45) is 0. The first-order valence-corrected chi connectivity index (χ1v) is 16.1. The minimum absolute atomic E-state index is 0.211. The van der Waals surface area contributed by atoms with Crippen LogP contribution in [0.1, 0.15) is 23.2 Å². The number of fused-ring (bicyclic) bond motifs is 5. The van der Waals surface area contributed by atoms with Crippen LogP contribution in [0.4, 0.5) is 22.7 Å². The number of carbonyl (C=O) groups excluding carboxylic acids is 4. The molecule has 14 nitrogen and oxygen atoms in total. The van der Waals surface area contributed by atoms with E-state index in [0.29, 0.717) is 11.1 Å². The first-order valence-electron chi connectivity index (χ1n) is 15.3. The SMILES string of the molecule is O=C1C2C(C(=O)N1c1cccc(Cl)c1)N1C(c3ccc([N+](=O)[O-])cc3)C3C(=O)N(c4cccc(Cl)c4)C(=O)C3N1C2c1ccc([N+](=O)[O-])cc1. The van der Waals surface area contributed by atoms with Gasteiger partial charge in [0.25, 0.3) is 23.2 Å². The maximum Gasteiger partial charge on any atom is 0.269 e. The van der Waals surface area contributed by atoms with Crippen molar-refractivity contribution in [2.75, 3.05) is 9.80 Å². The van der Waals surface area contributed by atoms with E-state index in [1.54, 1.807) is 46.4 Å². The van der Waals surface area contributed by atoms with Crippen molar-refractivity contribution in [2.45, 2.75) is 24.2 Å². The predicted molar refractivity (Wildman–Crippen MR) is 178 cm³/mol. The van der Waals surface area contributed by atoms with Gasteiger partial charge < -0.3 is 0 Å². The molecule has 0 radical (unpaired) electrons. The van der Waals surface area contributed by atoms with Crippen molar-refractivity contribution in [3.8, 4) is 0 Å². The molecule has 8 rings (SSSR count). The Labute approximate surface area is 292 Å². The van der Waals surface area contributed by atoms with Crippen molar-refractivity contribution >= 4 is 69.6 Å².